The van der Waals surface area contributed by atoms with Crippen molar-refractivity contribution in [3.63, 3.8) is 0 Å². The minimum atomic E-state index is -3.24. The number of aromatic carboxylic acids is 1. The van der Waals surface area contributed by atoms with Crippen LogP contribution in [-0.4, -0.2) is 91.2 Å². The van der Waals surface area contributed by atoms with Crippen LogP contribution >= 0.6 is 0 Å². The molecule has 1 amide bonds. The Morgan fingerprint density at radius 1 is 1.00 bits per heavy atom. The van der Waals surface area contributed by atoms with Gasteiger partial charge in [0.2, 0.25) is 0 Å². The van der Waals surface area contributed by atoms with Crippen molar-refractivity contribution in [2.75, 3.05) is 49.3 Å². The summed E-state index contributed by atoms with van der Waals surface area (Å²) in [6, 6.07) is 10.7. The Hall–Kier alpha value is -3.80. The van der Waals surface area contributed by atoms with Crippen molar-refractivity contribution in [1.29, 1.82) is 0 Å². The van der Waals surface area contributed by atoms with Gasteiger partial charge in [0.1, 0.15) is 17.1 Å². The molecule has 0 unspecified atom stereocenters. The second kappa shape index (κ2) is 10.6. The van der Waals surface area contributed by atoms with Crippen molar-refractivity contribution >= 4 is 44.4 Å². The van der Waals surface area contributed by atoms with Gasteiger partial charge in [-0.25, -0.2) is 23.0 Å². The van der Waals surface area contributed by atoms with E-state index in [1.54, 1.807) is 30.3 Å². The van der Waals surface area contributed by atoms with Crippen LogP contribution in [0.4, 0.5) is 16.3 Å². The molecule has 1 saturated carbocycles. The number of fused-ring (bicyclic) bond motifs is 1. The molecule has 5 rings (SSSR count). The number of aromatic nitrogens is 2. The normalized spacial score (nSPS) is 19.6. The van der Waals surface area contributed by atoms with Gasteiger partial charge in [0, 0.05) is 68.8 Å². The third kappa shape index (κ3) is 5.97. The molecule has 1 aromatic carbocycles. The maximum absolute atomic E-state index is 12.5. The largest absolute Gasteiger partial charge is 0.478 e. The Morgan fingerprint density at radius 3 is 2.17 bits per heavy atom. The Morgan fingerprint density at radius 2 is 1.61 bits per heavy atom. The van der Waals surface area contributed by atoms with Crippen molar-refractivity contribution in [3.05, 3.63) is 48.2 Å². The van der Waals surface area contributed by atoms with Crippen LogP contribution in [0.25, 0.3) is 11.0 Å². The van der Waals surface area contributed by atoms with Crippen molar-refractivity contribution in [1.82, 2.24) is 14.5 Å². The fourth-order valence-electron chi connectivity index (χ4n) is 5.42. The van der Waals surface area contributed by atoms with Crippen LogP contribution in [0.3, 0.4) is 0 Å². The van der Waals surface area contributed by atoms with E-state index in [9.17, 15) is 23.1 Å². The highest BCUT2D eigenvalue weighted by Gasteiger charge is 2.38. The first-order chi connectivity index (χ1) is 19.2. The van der Waals surface area contributed by atoms with Gasteiger partial charge in [0.15, 0.2) is 9.84 Å². The van der Waals surface area contributed by atoms with E-state index in [0.717, 1.165) is 24.6 Å². The number of carbonyl (C=O) groups excluding carboxylic acids is 1. The molecular weight excluding hydrogens is 546 g/mol. The Balaban J connectivity index is 1.30. The molecule has 0 bridgehead atoms. The van der Waals surface area contributed by atoms with Crippen LogP contribution in [0.5, 0.6) is 0 Å². The number of carboxylic acids is 1. The summed E-state index contributed by atoms with van der Waals surface area (Å²) in [6.07, 6.45) is 3.86. The number of carboxylic acid groups (broad SMARTS) is 1. The fourth-order valence-corrected chi connectivity index (χ4v) is 6.05. The van der Waals surface area contributed by atoms with Gasteiger partial charge < -0.3 is 29.1 Å². The SMILES string of the molecule is CN(C(=O)OC(C)(C)C)[C@H]1C[C@H](n2cc(C(=O)O)c3ccc(N4CCN(c5ccc(S(C)(=O)=O)cc5)CC4)nc32)C1. The first kappa shape index (κ1) is 28.7. The number of benzene rings is 1. The van der Waals surface area contributed by atoms with Gasteiger partial charge in [-0.05, 0) is 70.0 Å². The average Bonchev–Trinajstić information content (AvgIpc) is 3.25. The lowest BCUT2D eigenvalue weighted by atomic mass is 9.85. The molecule has 41 heavy (non-hydrogen) atoms. The maximum atomic E-state index is 12.5. The molecule has 220 valence electrons. The van der Waals surface area contributed by atoms with E-state index in [4.69, 9.17) is 9.72 Å². The van der Waals surface area contributed by atoms with Gasteiger partial charge in [0.25, 0.3) is 0 Å². The molecule has 0 spiro atoms. The monoisotopic (exact) mass is 583 g/mol. The Bertz CT molecular complexity index is 1560. The van der Waals surface area contributed by atoms with Crippen LogP contribution in [0.1, 0.15) is 50.0 Å². The summed E-state index contributed by atoms with van der Waals surface area (Å²) in [5, 5.41) is 10.4. The van der Waals surface area contributed by atoms with E-state index in [-0.39, 0.29) is 23.7 Å². The standard InChI is InChI=1S/C29H37N5O6S/c1-29(2,3)40-28(37)31(4)20-16-21(17-20)34-18-24(27(35)36)23-10-11-25(30-26(23)34)33-14-12-32(13-15-33)19-6-8-22(9-7-19)41(5,38)39/h6-11,18,20-21H,12-17H2,1-5H3,(H,35,36)/t20-,21-. The van der Waals surface area contributed by atoms with Crippen molar-refractivity contribution in [3.8, 4) is 0 Å². The number of amides is 1. The highest BCUT2D eigenvalue weighted by molar-refractivity contribution is 7.90. The molecule has 2 aliphatic rings. The van der Waals surface area contributed by atoms with E-state index in [1.165, 1.54) is 6.26 Å². The van der Waals surface area contributed by atoms with Crippen LogP contribution in [-0.2, 0) is 14.6 Å². The van der Waals surface area contributed by atoms with Gasteiger partial charge in [-0.3, -0.25) is 0 Å². The second-order valence-electron chi connectivity index (χ2n) is 11.9. The van der Waals surface area contributed by atoms with Gasteiger partial charge in [0.05, 0.1) is 10.5 Å². The number of carbonyl (C=O) groups is 2. The fraction of sp³-hybridized carbons (Fsp3) is 0.483. The number of sulfone groups is 1. The Labute approximate surface area is 240 Å². The first-order valence-corrected chi connectivity index (χ1v) is 15.6. The molecule has 0 atom stereocenters. The molecule has 1 saturated heterocycles. The minimum absolute atomic E-state index is 0.00309. The van der Waals surface area contributed by atoms with Crippen molar-refractivity contribution in [2.24, 2.45) is 0 Å². The number of hydrogen-bond acceptors (Lipinski definition) is 8. The zero-order valence-corrected chi connectivity index (χ0v) is 24.9. The first-order valence-electron chi connectivity index (χ1n) is 13.7. The average molecular weight is 584 g/mol. The molecule has 1 aliphatic heterocycles. The van der Waals surface area contributed by atoms with Crippen LogP contribution in [0, 0.1) is 0 Å². The molecule has 11 nitrogen and oxygen atoms in total. The summed E-state index contributed by atoms with van der Waals surface area (Å²) < 4.78 is 31.0. The molecular formula is C29H37N5O6S. The predicted molar refractivity (Wildman–Crippen MR) is 157 cm³/mol. The molecule has 2 fully saturated rings. The number of nitrogens with zero attached hydrogens (tertiary/aromatic N) is 5. The summed E-state index contributed by atoms with van der Waals surface area (Å²) in [5.41, 5.74) is 1.24. The van der Waals surface area contributed by atoms with Gasteiger partial charge in [-0.1, -0.05) is 0 Å². The number of ether oxygens (including phenoxy) is 1. The third-order valence-electron chi connectivity index (χ3n) is 7.84. The van der Waals surface area contributed by atoms with Crippen LogP contribution in [0.15, 0.2) is 47.5 Å². The summed E-state index contributed by atoms with van der Waals surface area (Å²) >= 11 is 0. The summed E-state index contributed by atoms with van der Waals surface area (Å²) in [4.78, 5) is 35.8. The summed E-state index contributed by atoms with van der Waals surface area (Å²) in [6.45, 7) is 8.41. The van der Waals surface area contributed by atoms with E-state index in [1.807, 2.05) is 49.6 Å². The minimum Gasteiger partial charge on any atom is -0.478 e. The molecule has 2 aromatic heterocycles. The predicted octanol–water partition coefficient (Wildman–Crippen LogP) is 4.04. The van der Waals surface area contributed by atoms with Crippen LogP contribution in [0.2, 0.25) is 0 Å². The molecule has 3 heterocycles. The van der Waals surface area contributed by atoms with E-state index < -0.39 is 21.4 Å². The van der Waals surface area contributed by atoms with E-state index >= 15 is 0 Å². The highest BCUT2D eigenvalue weighted by Crippen LogP contribution is 2.39. The topological polar surface area (TPSA) is 125 Å². The third-order valence-corrected chi connectivity index (χ3v) is 8.97. The molecule has 3 aromatic rings. The molecule has 1 N–H and O–H groups in total. The van der Waals surface area contributed by atoms with Crippen LogP contribution < -0.4 is 9.80 Å². The van der Waals surface area contributed by atoms with Crippen molar-refractivity contribution in [2.45, 2.75) is 56.2 Å². The number of piperazine rings is 1. The smallest absolute Gasteiger partial charge is 0.410 e. The van der Waals surface area contributed by atoms with E-state index in [2.05, 4.69) is 9.80 Å². The van der Waals surface area contributed by atoms with Crippen molar-refractivity contribution < 1.29 is 27.9 Å². The molecule has 0 radical (unpaired) electrons. The lowest BCUT2D eigenvalue weighted by Crippen LogP contribution is -2.47. The lowest BCUT2D eigenvalue weighted by molar-refractivity contribution is 0.00809. The molecule has 1 aliphatic carbocycles. The number of rotatable bonds is 6. The summed E-state index contributed by atoms with van der Waals surface area (Å²) in [5.74, 6) is -0.219. The zero-order chi connectivity index (χ0) is 29.7. The second-order valence-corrected chi connectivity index (χ2v) is 13.9. The maximum Gasteiger partial charge on any atom is 0.410 e. The van der Waals surface area contributed by atoms with Gasteiger partial charge in [-0.2, -0.15) is 0 Å². The number of anilines is 2. The Kier molecular flexibility index (Phi) is 7.39. The van der Waals surface area contributed by atoms with Gasteiger partial charge >= 0.3 is 12.1 Å². The number of hydrogen-bond donors (Lipinski definition) is 1. The van der Waals surface area contributed by atoms with Gasteiger partial charge in [-0.15, -0.1) is 0 Å². The zero-order valence-electron chi connectivity index (χ0n) is 24.1. The highest BCUT2D eigenvalue weighted by atomic mass is 32.2. The quantitative estimate of drug-likeness (QED) is 0.458. The van der Waals surface area contributed by atoms with E-state index in [0.29, 0.717) is 41.9 Å². The molecule has 12 heteroatoms. The lowest BCUT2D eigenvalue weighted by Gasteiger charge is -2.42. The summed E-state index contributed by atoms with van der Waals surface area (Å²) in [7, 11) is -1.50. The number of pyridine rings is 1.